The average molecular weight is 280 g/mol. The number of nitrogens with one attached hydrogen (secondary N) is 1. The van der Waals surface area contributed by atoms with E-state index in [1.165, 1.54) is 5.56 Å². The summed E-state index contributed by atoms with van der Waals surface area (Å²) in [6, 6.07) is 14.3. The lowest BCUT2D eigenvalue weighted by atomic mass is 10.0. The van der Waals surface area contributed by atoms with Crippen molar-refractivity contribution in [3.05, 3.63) is 52.7 Å². The summed E-state index contributed by atoms with van der Waals surface area (Å²) in [6.07, 6.45) is 0.962. The van der Waals surface area contributed by atoms with Crippen LogP contribution in [0.5, 0.6) is 5.75 Å². The monoisotopic (exact) mass is 280 g/mol. The van der Waals surface area contributed by atoms with Crippen LogP contribution in [0.15, 0.2) is 42.5 Å². The highest BCUT2D eigenvalue weighted by atomic mass is 32.1. The molecular weight excluding hydrogens is 268 g/mol. The number of fused-ring (bicyclic) bond motifs is 2. The third kappa shape index (κ3) is 1.65. The van der Waals surface area contributed by atoms with Crippen molar-refractivity contribution in [1.82, 2.24) is 10.2 Å². The van der Waals surface area contributed by atoms with Crippen molar-refractivity contribution < 1.29 is 4.74 Å². The maximum atomic E-state index is 5.78. The summed E-state index contributed by atoms with van der Waals surface area (Å²) in [5, 5.41) is 9.46. The first-order valence-electron chi connectivity index (χ1n) is 6.57. The van der Waals surface area contributed by atoms with E-state index in [1.807, 2.05) is 18.2 Å². The van der Waals surface area contributed by atoms with Crippen LogP contribution in [0.2, 0.25) is 0 Å². The summed E-state index contributed by atoms with van der Waals surface area (Å²) in [5.74, 6) is 0.954. The van der Waals surface area contributed by atoms with Gasteiger partial charge in [-0.3, -0.25) is 5.10 Å². The number of H-pyrrole nitrogens is 1. The molecule has 2 aromatic carbocycles. The molecule has 0 unspecified atom stereocenters. The minimum atomic E-state index is 0.665. The summed E-state index contributed by atoms with van der Waals surface area (Å²) in [6.45, 7) is 0.743. The number of aromatic amines is 1. The summed E-state index contributed by atoms with van der Waals surface area (Å²) in [4.78, 5) is 0. The Balaban J connectivity index is 2.07. The molecule has 1 aromatic heterocycles. The van der Waals surface area contributed by atoms with Gasteiger partial charge in [-0.05, 0) is 11.6 Å². The van der Waals surface area contributed by atoms with Gasteiger partial charge in [0.05, 0.1) is 6.61 Å². The fraction of sp³-hybridized carbons (Fsp3) is 0.125. The standard InChI is InChI=1S/C16H12N2OS/c20-16-12-6-2-1-5-11(12)14(17-18-16)13-7-3-4-10-8-9-19-15(10)13/h1-7H,8-9H2,(H,18,20). The van der Waals surface area contributed by atoms with Crippen LogP contribution in [0, 0.1) is 4.64 Å². The smallest absolute Gasteiger partial charge is 0.132 e. The molecule has 4 heteroatoms. The molecule has 98 valence electrons. The Bertz CT molecular complexity index is 870. The van der Waals surface area contributed by atoms with Gasteiger partial charge < -0.3 is 4.74 Å². The summed E-state index contributed by atoms with van der Waals surface area (Å²) in [7, 11) is 0. The highest BCUT2D eigenvalue weighted by Crippen LogP contribution is 2.38. The zero-order chi connectivity index (χ0) is 13.5. The van der Waals surface area contributed by atoms with Crippen LogP contribution in [0.4, 0.5) is 0 Å². The summed E-state index contributed by atoms with van der Waals surface area (Å²) in [5.41, 5.74) is 3.17. The van der Waals surface area contributed by atoms with Gasteiger partial charge in [0.15, 0.2) is 0 Å². The number of hydrogen-bond donors (Lipinski definition) is 1. The van der Waals surface area contributed by atoms with Crippen molar-refractivity contribution in [2.75, 3.05) is 6.61 Å². The molecule has 2 heterocycles. The van der Waals surface area contributed by atoms with Gasteiger partial charge in [-0.1, -0.05) is 48.6 Å². The quantitative estimate of drug-likeness (QED) is 0.687. The van der Waals surface area contributed by atoms with Crippen molar-refractivity contribution in [2.24, 2.45) is 0 Å². The Hall–Kier alpha value is -2.20. The van der Waals surface area contributed by atoms with Crippen LogP contribution >= 0.6 is 12.2 Å². The summed E-state index contributed by atoms with van der Waals surface area (Å²) >= 11 is 5.31. The number of ether oxygens (including phenoxy) is 1. The largest absolute Gasteiger partial charge is 0.492 e. The van der Waals surface area contributed by atoms with E-state index in [2.05, 4.69) is 34.5 Å². The molecule has 1 aliphatic rings. The highest BCUT2D eigenvalue weighted by molar-refractivity contribution is 7.71. The van der Waals surface area contributed by atoms with Gasteiger partial charge in [-0.25, -0.2) is 0 Å². The second kappa shape index (κ2) is 4.42. The Morgan fingerprint density at radius 1 is 1.05 bits per heavy atom. The minimum absolute atomic E-state index is 0.665. The van der Waals surface area contributed by atoms with E-state index in [0.29, 0.717) is 4.64 Å². The fourth-order valence-electron chi connectivity index (χ4n) is 2.72. The van der Waals surface area contributed by atoms with Crippen molar-refractivity contribution in [3.63, 3.8) is 0 Å². The van der Waals surface area contributed by atoms with E-state index >= 15 is 0 Å². The molecule has 0 bridgehead atoms. The van der Waals surface area contributed by atoms with Crippen molar-refractivity contribution in [2.45, 2.75) is 6.42 Å². The lowest BCUT2D eigenvalue weighted by molar-refractivity contribution is 0.358. The van der Waals surface area contributed by atoms with Gasteiger partial charge in [0.2, 0.25) is 0 Å². The van der Waals surface area contributed by atoms with Crippen LogP contribution in [-0.4, -0.2) is 16.8 Å². The third-order valence-corrected chi connectivity index (χ3v) is 3.98. The van der Waals surface area contributed by atoms with Gasteiger partial charge in [-0.2, -0.15) is 5.10 Å². The maximum Gasteiger partial charge on any atom is 0.132 e. The van der Waals surface area contributed by atoms with E-state index in [4.69, 9.17) is 17.0 Å². The lowest BCUT2D eigenvalue weighted by Gasteiger charge is -2.09. The van der Waals surface area contributed by atoms with Gasteiger partial charge in [0.25, 0.3) is 0 Å². The molecule has 1 N–H and O–H groups in total. The molecule has 20 heavy (non-hydrogen) atoms. The maximum absolute atomic E-state index is 5.78. The highest BCUT2D eigenvalue weighted by Gasteiger charge is 2.19. The number of hydrogen-bond acceptors (Lipinski definition) is 3. The van der Waals surface area contributed by atoms with Crippen molar-refractivity contribution in [1.29, 1.82) is 0 Å². The van der Waals surface area contributed by atoms with Gasteiger partial charge in [0, 0.05) is 22.8 Å². The Morgan fingerprint density at radius 3 is 2.80 bits per heavy atom. The van der Waals surface area contributed by atoms with Crippen LogP contribution < -0.4 is 4.74 Å². The van der Waals surface area contributed by atoms with Crippen LogP contribution in [0.1, 0.15) is 5.56 Å². The van der Waals surface area contributed by atoms with Gasteiger partial charge in [0.1, 0.15) is 16.1 Å². The second-order valence-corrected chi connectivity index (χ2v) is 5.25. The van der Waals surface area contributed by atoms with Crippen molar-refractivity contribution >= 4 is 23.0 Å². The number of para-hydroxylation sites is 1. The zero-order valence-electron chi connectivity index (χ0n) is 10.7. The molecule has 3 nitrogen and oxygen atoms in total. The molecule has 0 spiro atoms. The zero-order valence-corrected chi connectivity index (χ0v) is 11.5. The van der Waals surface area contributed by atoms with Crippen LogP contribution in [-0.2, 0) is 6.42 Å². The first-order valence-corrected chi connectivity index (χ1v) is 6.98. The minimum Gasteiger partial charge on any atom is -0.492 e. The molecule has 0 aliphatic carbocycles. The predicted octanol–water partition coefficient (Wildman–Crippen LogP) is 3.89. The van der Waals surface area contributed by atoms with Crippen LogP contribution in [0.3, 0.4) is 0 Å². The van der Waals surface area contributed by atoms with Gasteiger partial charge >= 0.3 is 0 Å². The SMILES string of the molecule is S=c1[nH]nc(-c2cccc3c2OCC3)c2ccccc12. The number of rotatable bonds is 1. The van der Waals surface area contributed by atoms with E-state index in [9.17, 15) is 0 Å². The number of aromatic nitrogens is 2. The van der Waals surface area contributed by atoms with Crippen molar-refractivity contribution in [3.8, 4) is 17.0 Å². The predicted molar refractivity (Wildman–Crippen MR) is 81.6 cm³/mol. The molecule has 3 aromatic rings. The lowest BCUT2D eigenvalue weighted by Crippen LogP contribution is -1.94. The molecule has 1 aliphatic heterocycles. The topological polar surface area (TPSA) is 37.9 Å². The molecule has 4 rings (SSSR count). The Labute approximate surface area is 121 Å². The Kier molecular flexibility index (Phi) is 2.57. The normalized spacial score (nSPS) is 13.2. The van der Waals surface area contributed by atoms with E-state index in [-0.39, 0.29) is 0 Å². The van der Waals surface area contributed by atoms with E-state index < -0.39 is 0 Å². The Morgan fingerprint density at radius 2 is 1.90 bits per heavy atom. The molecule has 0 amide bonds. The molecule has 0 radical (unpaired) electrons. The summed E-state index contributed by atoms with van der Waals surface area (Å²) < 4.78 is 6.45. The van der Waals surface area contributed by atoms with Gasteiger partial charge in [-0.15, -0.1) is 0 Å². The number of benzene rings is 2. The molecule has 0 atom stereocenters. The first kappa shape index (κ1) is 11.6. The van der Waals surface area contributed by atoms with E-state index in [0.717, 1.165) is 40.8 Å². The van der Waals surface area contributed by atoms with Crippen LogP contribution in [0.25, 0.3) is 22.0 Å². The molecular formula is C16H12N2OS. The van der Waals surface area contributed by atoms with E-state index in [1.54, 1.807) is 0 Å². The second-order valence-electron chi connectivity index (χ2n) is 4.84. The molecule has 0 saturated heterocycles. The number of nitrogens with zero attached hydrogens (tertiary/aromatic N) is 1. The first-order chi connectivity index (χ1) is 9.84. The molecule has 0 fully saturated rings. The fourth-order valence-corrected chi connectivity index (χ4v) is 2.95. The average Bonchev–Trinajstić information content (AvgIpc) is 2.97. The molecule has 0 saturated carbocycles. The third-order valence-electron chi connectivity index (χ3n) is 3.67.